The predicted molar refractivity (Wildman–Crippen MR) is 77.8 cm³/mol. The number of amides is 1. The molecule has 1 aromatic heterocycles. The Morgan fingerprint density at radius 2 is 1.83 bits per heavy atom. The largest absolute Gasteiger partial charge is 0.350 e. The van der Waals surface area contributed by atoms with Crippen LogP contribution >= 0.6 is 11.6 Å². The number of carbonyl (C=O) groups excluding carboxylic acids is 1. The lowest BCUT2D eigenvalue weighted by Gasteiger charge is -2.58. The minimum Gasteiger partial charge on any atom is -0.350 e. The van der Waals surface area contributed by atoms with Crippen molar-refractivity contribution in [3.05, 3.63) is 23.2 Å². The van der Waals surface area contributed by atoms with Crippen molar-refractivity contribution < 1.29 is 22.4 Å². The van der Waals surface area contributed by atoms with E-state index in [-0.39, 0.29) is 30.2 Å². The SMILES string of the molecule is CC12CCC(C(=O)NCc3nccnc3Cl)(CC1(F)F)C(F)(F)C2. The summed E-state index contributed by atoms with van der Waals surface area (Å²) in [6.45, 7) is 0.924. The van der Waals surface area contributed by atoms with Gasteiger partial charge >= 0.3 is 0 Å². The molecule has 3 aliphatic carbocycles. The fourth-order valence-corrected chi connectivity index (χ4v) is 3.88. The highest BCUT2D eigenvalue weighted by Crippen LogP contribution is 2.68. The number of fused-ring (bicyclic) bond motifs is 3. The number of alkyl halides is 4. The fraction of sp³-hybridized carbons (Fsp3) is 0.667. The normalized spacial score (nSPS) is 33.2. The summed E-state index contributed by atoms with van der Waals surface area (Å²) in [6, 6.07) is 0. The van der Waals surface area contributed by atoms with E-state index in [0.29, 0.717) is 0 Å². The molecule has 1 heterocycles. The van der Waals surface area contributed by atoms with Gasteiger partial charge in [0.05, 0.1) is 12.2 Å². The predicted octanol–water partition coefficient (Wildman–Crippen LogP) is 3.60. The summed E-state index contributed by atoms with van der Waals surface area (Å²) >= 11 is 5.80. The Morgan fingerprint density at radius 3 is 2.42 bits per heavy atom. The first-order valence-corrected chi connectivity index (χ1v) is 7.90. The van der Waals surface area contributed by atoms with E-state index in [1.165, 1.54) is 19.3 Å². The minimum atomic E-state index is -3.49. The lowest BCUT2D eigenvalue weighted by Crippen LogP contribution is -2.67. The number of hydrogen-bond acceptors (Lipinski definition) is 3. The molecule has 4 nitrogen and oxygen atoms in total. The van der Waals surface area contributed by atoms with Gasteiger partial charge in [-0.3, -0.25) is 9.78 Å². The first-order chi connectivity index (χ1) is 11.0. The number of rotatable bonds is 3. The van der Waals surface area contributed by atoms with E-state index in [4.69, 9.17) is 11.6 Å². The zero-order valence-corrected chi connectivity index (χ0v) is 13.6. The Labute approximate surface area is 141 Å². The van der Waals surface area contributed by atoms with Gasteiger partial charge in [-0.25, -0.2) is 22.5 Å². The quantitative estimate of drug-likeness (QED) is 0.833. The van der Waals surface area contributed by atoms with Gasteiger partial charge in [-0.1, -0.05) is 18.5 Å². The Kier molecular flexibility index (Phi) is 3.82. The molecule has 0 aliphatic heterocycles. The highest BCUT2D eigenvalue weighted by molar-refractivity contribution is 6.29. The molecule has 1 N–H and O–H groups in total. The third-order valence-corrected chi connectivity index (χ3v) is 5.71. The van der Waals surface area contributed by atoms with Crippen molar-refractivity contribution in [3.63, 3.8) is 0 Å². The smallest absolute Gasteiger partial charge is 0.263 e. The molecule has 0 saturated heterocycles. The van der Waals surface area contributed by atoms with Crippen LogP contribution in [0.25, 0.3) is 0 Å². The number of nitrogens with one attached hydrogen (secondary N) is 1. The maximum atomic E-state index is 14.6. The average molecular weight is 366 g/mol. The molecule has 3 saturated carbocycles. The molecule has 2 unspecified atom stereocenters. The molecule has 4 rings (SSSR count). The summed E-state index contributed by atoms with van der Waals surface area (Å²) in [6.07, 6.45) is 0.141. The molecule has 1 amide bonds. The Morgan fingerprint density at radius 1 is 1.17 bits per heavy atom. The van der Waals surface area contributed by atoms with E-state index in [9.17, 15) is 22.4 Å². The second-order valence-corrected chi connectivity index (χ2v) is 7.24. The van der Waals surface area contributed by atoms with Gasteiger partial charge in [0.25, 0.3) is 11.8 Å². The van der Waals surface area contributed by atoms with Crippen LogP contribution in [0.15, 0.2) is 12.4 Å². The van der Waals surface area contributed by atoms with Gasteiger partial charge in [0.2, 0.25) is 5.91 Å². The molecular weight excluding hydrogens is 350 g/mol. The molecule has 2 atom stereocenters. The van der Waals surface area contributed by atoms with Gasteiger partial charge in [0, 0.05) is 30.7 Å². The van der Waals surface area contributed by atoms with Gasteiger partial charge in [0.1, 0.15) is 5.41 Å². The van der Waals surface area contributed by atoms with Crippen LogP contribution in [0.3, 0.4) is 0 Å². The second kappa shape index (κ2) is 5.28. The minimum absolute atomic E-state index is 0.0206. The van der Waals surface area contributed by atoms with E-state index in [0.717, 1.165) is 0 Å². The van der Waals surface area contributed by atoms with Crippen LogP contribution in [0.1, 0.15) is 38.3 Å². The topological polar surface area (TPSA) is 54.9 Å². The maximum Gasteiger partial charge on any atom is 0.263 e. The van der Waals surface area contributed by atoms with Gasteiger partial charge in [-0.05, 0) is 12.8 Å². The van der Waals surface area contributed by atoms with Crippen LogP contribution in [-0.4, -0.2) is 27.7 Å². The summed E-state index contributed by atoms with van der Waals surface area (Å²) < 4.78 is 57.7. The van der Waals surface area contributed by atoms with Crippen LogP contribution in [0, 0.1) is 10.8 Å². The van der Waals surface area contributed by atoms with E-state index in [1.807, 2.05) is 0 Å². The van der Waals surface area contributed by atoms with Crippen LogP contribution in [-0.2, 0) is 11.3 Å². The summed E-state index contributed by atoms with van der Waals surface area (Å²) in [5.74, 6) is -7.89. The summed E-state index contributed by atoms with van der Waals surface area (Å²) in [5.41, 5.74) is -3.98. The Bertz CT molecular complexity index is 686. The zero-order chi connectivity index (χ0) is 17.8. The van der Waals surface area contributed by atoms with Crippen LogP contribution in [0.5, 0.6) is 0 Å². The Balaban J connectivity index is 1.84. The zero-order valence-electron chi connectivity index (χ0n) is 12.9. The fourth-order valence-electron chi connectivity index (χ4n) is 3.70. The van der Waals surface area contributed by atoms with Crippen molar-refractivity contribution in [2.45, 2.75) is 51.0 Å². The van der Waals surface area contributed by atoms with Crippen molar-refractivity contribution in [3.8, 4) is 0 Å². The molecule has 2 bridgehead atoms. The Hall–Kier alpha value is -1.44. The van der Waals surface area contributed by atoms with Gasteiger partial charge in [0.15, 0.2) is 5.15 Å². The maximum absolute atomic E-state index is 14.6. The second-order valence-electron chi connectivity index (χ2n) is 6.88. The monoisotopic (exact) mass is 365 g/mol. The van der Waals surface area contributed by atoms with Crippen molar-refractivity contribution in [1.29, 1.82) is 0 Å². The molecule has 1 aromatic rings. The number of hydrogen-bond donors (Lipinski definition) is 1. The average Bonchev–Trinajstić information content (AvgIpc) is 2.47. The standard InChI is InChI=1S/C15H16ClF4N3O/c1-12-2-3-13(8-14(12,17)18,15(19,20)7-12)11(24)23-6-9-10(16)22-5-4-21-9/h4-5H,2-3,6-8H2,1H3,(H,23,24). The molecule has 0 aromatic carbocycles. The van der Waals surface area contributed by atoms with Crippen molar-refractivity contribution in [2.24, 2.45) is 10.8 Å². The third-order valence-electron chi connectivity index (χ3n) is 5.40. The van der Waals surface area contributed by atoms with E-state index < -0.39 is 41.4 Å². The van der Waals surface area contributed by atoms with Crippen LogP contribution < -0.4 is 5.32 Å². The number of carbonyl (C=O) groups is 1. The highest BCUT2D eigenvalue weighted by Gasteiger charge is 2.76. The molecule has 0 spiro atoms. The molecule has 132 valence electrons. The first kappa shape index (κ1) is 17.4. The van der Waals surface area contributed by atoms with Gasteiger partial charge in [-0.15, -0.1) is 0 Å². The van der Waals surface area contributed by atoms with Crippen LogP contribution in [0.2, 0.25) is 5.15 Å². The summed E-state index contributed by atoms with van der Waals surface area (Å²) in [7, 11) is 0. The molecule has 0 radical (unpaired) electrons. The highest BCUT2D eigenvalue weighted by atomic mass is 35.5. The van der Waals surface area contributed by atoms with E-state index >= 15 is 0 Å². The van der Waals surface area contributed by atoms with Gasteiger partial charge < -0.3 is 5.32 Å². The summed E-state index contributed by atoms with van der Waals surface area (Å²) in [5, 5.41) is 2.31. The number of nitrogens with zero attached hydrogens (tertiary/aromatic N) is 2. The van der Waals surface area contributed by atoms with Gasteiger partial charge in [-0.2, -0.15) is 0 Å². The third kappa shape index (κ3) is 2.37. The van der Waals surface area contributed by atoms with Crippen molar-refractivity contribution >= 4 is 17.5 Å². The van der Waals surface area contributed by atoms with Crippen molar-refractivity contribution in [1.82, 2.24) is 15.3 Å². The molecular formula is C15H16ClF4N3O. The number of halogens is 5. The lowest BCUT2D eigenvalue weighted by molar-refractivity contribution is -0.295. The molecule has 3 fully saturated rings. The van der Waals surface area contributed by atoms with E-state index in [2.05, 4.69) is 15.3 Å². The lowest BCUT2D eigenvalue weighted by atomic mass is 9.50. The van der Waals surface area contributed by atoms with Crippen LogP contribution in [0.4, 0.5) is 17.6 Å². The number of aromatic nitrogens is 2. The molecule has 24 heavy (non-hydrogen) atoms. The molecule has 9 heteroatoms. The van der Waals surface area contributed by atoms with Crippen molar-refractivity contribution in [2.75, 3.05) is 0 Å². The molecule has 3 aliphatic rings. The first-order valence-electron chi connectivity index (χ1n) is 7.52. The van der Waals surface area contributed by atoms with E-state index in [1.54, 1.807) is 0 Å². The summed E-state index contributed by atoms with van der Waals surface area (Å²) in [4.78, 5) is 20.1.